The normalized spacial score (nSPS) is 31.4. The molecule has 1 aromatic rings. The van der Waals surface area contributed by atoms with Gasteiger partial charge in [-0.1, -0.05) is 89.7 Å². The second-order valence-electron chi connectivity index (χ2n) is 13.4. The Labute approximate surface area is 232 Å². The molecule has 38 heavy (non-hydrogen) atoms. The summed E-state index contributed by atoms with van der Waals surface area (Å²) in [4.78, 5) is 13.3. The fourth-order valence-electron chi connectivity index (χ4n) is 9.46. The predicted octanol–water partition coefficient (Wildman–Crippen LogP) is 7.43. The molecule has 4 nitrogen and oxygen atoms in total. The number of aliphatic hydroxyl groups is 2. The molecule has 2 unspecified atom stereocenters. The van der Waals surface area contributed by atoms with Crippen molar-refractivity contribution in [3.05, 3.63) is 29.8 Å². The highest BCUT2D eigenvalue weighted by atomic mass is 31.1. The summed E-state index contributed by atoms with van der Waals surface area (Å²) in [7, 11) is -0.458. The van der Waals surface area contributed by atoms with Gasteiger partial charge in [-0.15, -0.1) is 0 Å². The van der Waals surface area contributed by atoms with Gasteiger partial charge in [-0.05, 0) is 85.8 Å². The van der Waals surface area contributed by atoms with Crippen LogP contribution in [0.25, 0.3) is 0 Å². The van der Waals surface area contributed by atoms with Crippen molar-refractivity contribution in [3.8, 4) is 5.75 Å². The lowest BCUT2D eigenvalue weighted by molar-refractivity contribution is -0.170. The molecular weight excluding hydrogens is 491 g/mol. The minimum Gasteiger partial charge on any atom is -0.625 e. The van der Waals surface area contributed by atoms with Gasteiger partial charge in [0.2, 0.25) is 5.29 Å². The summed E-state index contributed by atoms with van der Waals surface area (Å²) in [6.45, 7) is 2.27. The molecule has 0 radical (unpaired) electrons. The van der Waals surface area contributed by atoms with Crippen molar-refractivity contribution >= 4 is 13.1 Å². The van der Waals surface area contributed by atoms with Gasteiger partial charge in [0.15, 0.2) is 0 Å². The zero-order valence-corrected chi connectivity index (χ0v) is 24.8. The maximum atomic E-state index is 13.3. The van der Waals surface area contributed by atoms with E-state index in [2.05, 4.69) is 19.1 Å². The number of hydrogen-bond acceptors (Lipinski definition) is 4. The lowest BCUT2D eigenvalue weighted by Gasteiger charge is -2.63. The fourth-order valence-corrected chi connectivity index (χ4v) is 11.0. The molecule has 0 saturated heterocycles. The van der Waals surface area contributed by atoms with Gasteiger partial charge in [-0.3, -0.25) is 0 Å². The number of hydrogen-bond donors (Lipinski definition) is 2. The molecule has 212 valence electrons. The third-order valence-corrected chi connectivity index (χ3v) is 12.5. The number of rotatable bonds is 16. The molecule has 1 aromatic carbocycles. The van der Waals surface area contributed by atoms with Gasteiger partial charge in [-0.2, -0.15) is 0 Å². The molecule has 5 aliphatic rings. The molecule has 4 bridgehead atoms. The SMILES string of the molecule is CCCCCCCCCCCCCC(C1=[P+]([O-])C1(O)O)(c1ccc(OC)cc1)C12CC3CC(CC(C3)C1)C2. The van der Waals surface area contributed by atoms with E-state index in [1.54, 1.807) is 7.11 Å². The fraction of sp³-hybridized carbons (Fsp3) is 0.788. The lowest BCUT2D eigenvalue weighted by Crippen LogP contribution is -2.60. The Morgan fingerprint density at radius 2 is 1.26 bits per heavy atom. The Kier molecular flexibility index (Phi) is 8.95. The van der Waals surface area contributed by atoms with Crippen molar-refractivity contribution in [2.75, 3.05) is 7.11 Å². The van der Waals surface area contributed by atoms with Gasteiger partial charge in [0, 0.05) is 0 Å². The van der Waals surface area contributed by atoms with Crippen LogP contribution in [0.2, 0.25) is 0 Å². The first-order chi connectivity index (χ1) is 18.4. The van der Waals surface area contributed by atoms with Crippen molar-refractivity contribution in [1.29, 1.82) is 0 Å². The van der Waals surface area contributed by atoms with Crippen LogP contribution < -0.4 is 9.63 Å². The second-order valence-corrected chi connectivity index (χ2v) is 15.1. The van der Waals surface area contributed by atoms with Gasteiger partial charge in [0.25, 0.3) is 0 Å². The van der Waals surface area contributed by atoms with Gasteiger partial charge in [0.05, 0.1) is 12.5 Å². The topological polar surface area (TPSA) is 72.8 Å². The van der Waals surface area contributed by atoms with Crippen LogP contribution in [0, 0.1) is 23.2 Å². The van der Waals surface area contributed by atoms with Crippen LogP contribution in [0.3, 0.4) is 0 Å². The van der Waals surface area contributed by atoms with Crippen molar-refractivity contribution in [2.24, 2.45) is 23.2 Å². The first-order valence-corrected chi connectivity index (χ1v) is 17.1. The molecule has 1 heterocycles. The van der Waals surface area contributed by atoms with E-state index in [1.165, 1.54) is 77.0 Å². The summed E-state index contributed by atoms with van der Waals surface area (Å²) in [5.74, 6) is 3.02. The predicted molar refractivity (Wildman–Crippen MR) is 155 cm³/mol. The average Bonchev–Trinajstić information content (AvgIpc) is 3.40. The van der Waals surface area contributed by atoms with Crippen LogP contribution in [-0.4, -0.2) is 28.1 Å². The molecule has 1 aliphatic heterocycles. The summed E-state index contributed by atoms with van der Waals surface area (Å²) < 4.78 is 5.48. The van der Waals surface area contributed by atoms with Crippen LogP contribution in [0.4, 0.5) is 0 Å². The standard InChI is InChI=1S/C33H51O4P/c1-3-4-5-6-7-8-9-10-11-12-13-18-32(30-33(34,35)38(30)36,28-14-16-29(37-2)17-15-28)31-22-25-19-26(23-31)21-27(20-25)24-31/h14-17,25-27,34-35H,3-13,18-24H2,1-2H3. The molecule has 6 rings (SSSR count). The van der Waals surface area contributed by atoms with E-state index in [0.29, 0.717) is 5.29 Å². The van der Waals surface area contributed by atoms with Crippen LogP contribution in [0.5, 0.6) is 5.75 Å². The second kappa shape index (κ2) is 11.9. The third-order valence-electron chi connectivity index (χ3n) is 10.8. The first kappa shape index (κ1) is 28.6. The number of benzene rings is 1. The van der Waals surface area contributed by atoms with Gasteiger partial charge < -0.3 is 19.8 Å². The largest absolute Gasteiger partial charge is 0.625 e. The average molecular weight is 543 g/mol. The Hall–Kier alpha value is -0.930. The molecule has 4 fully saturated rings. The van der Waals surface area contributed by atoms with E-state index in [0.717, 1.165) is 67.6 Å². The third kappa shape index (κ3) is 5.37. The Morgan fingerprint density at radius 3 is 1.68 bits per heavy atom. The van der Waals surface area contributed by atoms with E-state index in [-0.39, 0.29) is 5.41 Å². The van der Waals surface area contributed by atoms with Gasteiger partial charge >= 0.3 is 5.53 Å². The van der Waals surface area contributed by atoms with Crippen molar-refractivity contribution in [1.82, 2.24) is 0 Å². The quantitative estimate of drug-likeness (QED) is 0.129. The van der Waals surface area contributed by atoms with E-state index in [9.17, 15) is 15.1 Å². The van der Waals surface area contributed by atoms with E-state index in [4.69, 9.17) is 4.74 Å². The number of unbranched alkanes of at least 4 members (excludes halogenated alkanes) is 10. The van der Waals surface area contributed by atoms with Crippen molar-refractivity contribution in [3.63, 3.8) is 0 Å². The monoisotopic (exact) mass is 542 g/mol. The van der Waals surface area contributed by atoms with Crippen LogP contribution >= 0.6 is 7.77 Å². The Balaban J connectivity index is 1.34. The van der Waals surface area contributed by atoms with E-state index < -0.39 is 18.7 Å². The molecule has 5 heteroatoms. The zero-order valence-electron chi connectivity index (χ0n) is 23.9. The maximum absolute atomic E-state index is 13.3. The summed E-state index contributed by atoms with van der Waals surface area (Å²) in [5.41, 5.74) is -1.51. The highest BCUT2D eigenvalue weighted by Crippen LogP contribution is 2.72. The Bertz CT molecular complexity index is 932. The smallest absolute Gasteiger partial charge is 0.389 e. The maximum Gasteiger partial charge on any atom is 0.389 e. The number of methoxy groups -OCH3 is 1. The highest BCUT2D eigenvalue weighted by Gasteiger charge is 2.76. The molecule has 0 aromatic heterocycles. The summed E-state index contributed by atoms with van der Waals surface area (Å²) in [6, 6.07) is 8.30. The molecular formula is C33H51O4P. The first-order valence-electron chi connectivity index (χ1n) is 15.8. The minimum absolute atomic E-state index is 0.0115. The zero-order chi connectivity index (χ0) is 26.8. The Morgan fingerprint density at radius 1 is 0.816 bits per heavy atom. The summed E-state index contributed by atoms with van der Waals surface area (Å²) >= 11 is 0. The number of ether oxygens (including phenoxy) is 1. The molecule has 2 N–H and O–H groups in total. The molecule has 0 spiro atoms. The van der Waals surface area contributed by atoms with E-state index >= 15 is 0 Å². The van der Waals surface area contributed by atoms with Crippen LogP contribution in [-0.2, 0) is 5.41 Å². The minimum atomic E-state index is -2.14. The lowest BCUT2D eigenvalue weighted by atomic mass is 9.40. The van der Waals surface area contributed by atoms with E-state index in [1.807, 2.05) is 12.1 Å². The van der Waals surface area contributed by atoms with Gasteiger partial charge in [-0.25, -0.2) is 0 Å². The molecule has 4 aliphatic carbocycles. The molecule has 0 amide bonds. The van der Waals surface area contributed by atoms with Crippen molar-refractivity contribution in [2.45, 2.75) is 133 Å². The molecule has 2 atom stereocenters. The van der Waals surface area contributed by atoms with Gasteiger partial charge in [0.1, 0.15) is 13.5 Å². The van der Waals surface area contributed by atoms with Crippen molar-refractivity contribution < 1.29 is 19.8 Å². The van der Waals surface area contributed by atoms with Crippen LogP contribution in [0.15, 0.2) is 24.3 Å². The van der Waals surface area contributed by atoms with Crippen LogP contribution in [0.1, 0.15) is 128 Å². The summed E-state index contributed by atoms with van der Waals surface area (Å²) in [5, 5.41) is 22.4. The summed E-state index contributed by atoms with van der Waals surface area (Å²) in [6.07, 6.45) is 22.5. The molecule has 4 saturated carbocycles. The highest BCUT2D eigenvalue weighted by molar-refractivity contribution is 7.65.